The molecular formula is C11H16ClNO3. The second kappa shape index (κ2) is 3.62. The minimum absolute atomic E-state index is 0.271. The number of carbonyl (C=O) groups is 2. The molecule has 90 valence electrons. The third-order valence-electron chi connectivity index (χ3n) is 2.89. The van der Waals surface area contributed by atoms with E-state index in [1.165, 1.54) is 0 Å². The first kappa shape index (κ1) is 11.7. The van der Waals surface area contributed by atoms with Crippen LogP contribution in [0.15, 0.2) is 0 Å². The molecule has 0 bridgehead atoms. The zero-order valence-corrected chi connectivity index (χ0v) is 10.5. The van der Waals surface area contributed by atoms with Crippen molar-refractivity contribution in [1.82, 2.24) is 4.90 Å². The second-order valence-electron chi connectivity index (χ2n) is 5.49. The van der Waals surface area contributed by atoms with Crippen molar-refractivity contribution in [2.24, 2.45) is 11.8 Å². The van der Waals surface area contributed by atoms with Crippen LogP contribution >= 0.6 is 11.6 Å². The number of hydrogen-bond donors (Lipinski definition) is 0. The fraction of sp³-hybridized carbons (Fsp3) is 0.818. The molecule has 0 spiro atoms. The molecule has 5 heteroatoms. The molecule has 1 aliphatic heterocycles. The number of hydrogen-bond acceptors (Lipinski definition) is 3. The Balaban J connectivity index is 2.03. The van der Waals surface area contributed by atoms with Crippen molar-refractivity contribution in [1.29, 1.82) is 0 Å². The van der Waals surface area contributed by atoms with Crippen molar-refractivity contribution < 1.29 is 14.3 Å². The lowest BCUT2D eigenvalue weighted by Crippen LogP contribution is -2.48. The summed E-state index contributed by atoms with van der Waals surface area (Å²) in [5, 5.41) is -0.550. The third kappa shape index (κ3) is 2.17. The van der Waals surface area contributed by atoms with E-state index >= 15 is 0 Å². The highest BCUT2D eigenvalue weighted by molar-refractivity contribution is 6.32. The van der Waals surface area contributed by atoms with Gasteiger partial charge in [-0.15, -0.1) is 11.6 Å². The first-order chi connectivity index (χ1) is 7.29. The fourth-order valence-electron chi connectivity index (χ4n) is 1.98. The number of fused-ring (bicyclic) bond motifs is 1. The van der Waals surface area contributed by atoms with Crippen molar-refractivity contribution in [2.45, 2.75) is 38.2 Å². The van der Waals surface area contributed by atoms with Crippen LogP contribution in [0.3, 0.4) is 0 Å². The monoisotopic (exact) mass is 245 g/mol. The molecule has 1 saturated heterocycles. The quantitative estimate of drug-likeness (QED) is 0.614. The first-order valence-electron chi connectivity index (χ1n) is 5.48. The lowest BCUT2D eigenvalue weighted by Gasteiger charge is -2.30. The maximum atomic E-state index is 11.8. The molecule has 3 atom stereocenters. The van der Waals surface area contributed by atoms with Gasteiger partial charge in [0.1, 0.15) is 11.0 Å². The fourth-order valence-corrected chi connectivity index (χ4v) is 2.40. The van der Waals surface area contributed by atoms with Gasteiger partial charge in [-0.05, 0) is 39.0 Å². The predicted molar refractivity (Wildman–Crippen MR) is 59.2 cm³/mol. The summed E-state index contributed by atoms with van der Waals surface area (Å²) < 4.78 is 5.17. The van der Waals surface area contributed by atoms with E-state index in [-0.39, 0.29) is 11.8 Å². The average Bonchev–Trinajstić information content (AvgIpc) is 2.87. The lowest BCUT2D eigenvalue weighted by atomic mass is 10.1. The van der Waals surface area contributed by atoms with Crippen molar-refractivity contribution >= 4 is 23.6 Å². The van der Waals surface area contributed by atoms with Crippen LogP contribution in [0.25, 0.3) is 0 Å². The van der Waals surface area contributed by atoms with Gasteiger partial charge >= 0.3 is 6.09 Å². The zero-order chi connectivity index (χ0) is 12.1. The Hall–Kier alpha value is -0.770. The summed E-state index contributed by atoms with van der Waals surface area (Å²) in [6.45, 7) is 5.79. The van der Waals surface area contributed by atoms with Crippen molar-refractivity contribution in [3.05, 3.63) is 0 Å². The maximum Gasteiger partial charge on any atom is 0.417 e. The van der Waals surface area contributed by atoms with E-state index in [1.54, 1.807) is 20.8 Å². The van der Waals surface area contributed by atoms with Gasteiger partial charge in [-0.25, -0.2) is 9.69 Å². The Kier molecular flexibility index (Phi) is 2.65. The van der Waals surface area contributed by atoms with E-state index in [4.69, 9.17) is 16.3 Å². The normalized spacial score (nSPS) is 33.4. The molecular weight excluding hydrogens is 230 g/mol. The van der Waals surface area contributed by atoms with Gasteiger partial charge in [-0.3, -0.25) is 4.79 Å². The van der Waals surface area contributed by atoms with Crippen LogP contribution in [-0.2, 0) is 9.53 Å². The second-order valence-corrected chi connectivity index (χ2v) is 5.96. The van der Waals surface area contributed by atoms with E-state index in [0.717, 1.165) is 11.3 Å². The van der Waals surface area contributed by atoms with Gasteiger partial charge in [-0.1, -0.05) is 0 Å². The number of ether oxygens (including phenoxy) is 1. The molecule has 0 N–H and O–H groups in total. The van der Waals surface area contributed by atoms with Gasteiger partial charge in [0, 0.05) is 6.54 Å². The Morgan fingerprint density at radius 1 is 1.50 bits per heavy atom. The highest BCUT2D eigenvalue weighted by atomic mass is 35.5. The highest BCUT2D eigenvalue weighted by Gasteiger charge is 2.53. The van der Waals surface area contributed by atoms with Crippen LogP contribution in [0.5, 0.6) is 0 Å². The Bertz CT molecular complexity index is 337. The van der Waals surface area contributed by atoms with Crippen molar-refractivity contribution in [3.8, 4) is 0 Å². The molecule has 2 fully saturated rings. The van der Waals surface area contributed by atoms with Crippen molar-refractivity contribution in [2.75, 3.05) is 6.54 Å². The van der Waals surface area contributed by atoms with Crippen LogP contribution in [-0.4, -0.2) is 34.4 Å². The van der Waals surface area contributed by atoms with E-state index in [2.05, 4.69) is 0 Å². The van der Waals surface area contributed by atoms with Gasteiger partial charge in [0.05, 0.1) is 0 Å². The summed E-state index contributed by atoms with van der Waals surface area (Å²) in [5.41, 5.74) is -0.584. The smallest absolute Gasteiger partial charge is 0.417 e. The van der Waals surface area contributed by atoms with Gasteiger partial charge < -0.3 is 4.74 Å². The number of carbonyl (C=O) groups excluding carboxylic acids is 2. The summed E-state index contributed by atoms with van der Waals surface area (Å²) >= 11 is 5.97. The van der Waals surface area contributed by atoms with Crippen LogP contribution in [0, 0.1) is 11.8 Å². The summed E-state index contributed by atoms with van der Waals surface area (Å²) in [7, 11) is 0. The topological polar surface area (TPSA) is 46.6 Å². The molecule has 1 heterocycles. The molecule has 3 unspecified atom stereocenters. The van der Waals surface area contributed by atoms with Gasteiger partial charge in [0.15, 0.2) is 0 Å². The molecule has 1 saturated carbocycles. The summed E-state index contributed by atoms with van der Waals surface area (Å²) in [5.74, 6) is 0.343. The molecule has 0 radical (unpaired) electrons. The van der Waals surface area contributed by atoms with Crippen LogP contribution in [0.1, 0.15) is 27.2 Å². The number of alkyl halides is 1. The van der Waals surface area contributed by atoms with Crippen molar-refractivity contribution in [3.63, 3.8) is 0 Å². The van der Waals surface area contributed by atoms with Gasteiger partial charge in [-0.2, -0.15) is 0 Å². The minimum atomic E-state index is -0.584. The lowest BCUT2D eigenvalue weighted by molar-refractivity contribution is -0.132. The molecule has 0 aromatic heterocycles. The van der Waals surface area contributed by atoms with Gasteiger partial charge in [0.25, 0.3) is 0 Å². The number of piperidine rings is 1. The first-order valence-corrected chi connectivity index (χ1v) is 5.91. The standard InChI is InChI=1S/C11H16ClNO3/c1-11(2,3)16-10(15)13-5-6-4-7(6)8(12)9(13)14/h6-8H,4-5H2,1-3H3. The molecule has 1 aliphatic carbocycles. The number of halogens is 1. The molecule has 2 rings (SSSR count). The molecule has 2 amide bonds. The van der Waals surface area contributed by atoms with E-state index in [0.29, 0.717) is 12.5 Å². The predicted octanol–water partition coefficient (Wildman–Crippen LogP) is 2.01. The van der Waals surface area contributed by atoms with Crippen LogP contribution in [0.4, 0.5) is 4.79 Å². The zero-order valence-electron chi connectivity index (χ0n) is 9.70. The largest absolute Gasteiger partial charge is 0.443 e. The molecule has 0 aromatic rings. The Morgan fingerprint density at radius 2 is 2.12 bits per heavy atom. The van der Waals surface area contributed by atoms with Crippen LogP contribution < -0.4 is 0 Å². The Morgan fingerprint density at radius 3 is 2.69 bits per heavy atom. The molecule has 16 heavy (non-hydrogen) atoms. The SMILES string of the molecule is CC(C)(C)OC(=O)N1CC2CC2C(Cl)C1=O. The number of likely N-dealkylation sites (tertiary alicyclic amines) is 1. The summed E-state index contributed by atoms with van der Waals surface area (Å²) in [6.07, 6.45) is 0.368. The molecule has 0 aromatic carbocycles. The number of amides is 2. The van der Waals surface area contributed by atoms with E-state index in [1.807, 2.05) is 0 Å². The molecule has 4 nitrogen and oxygen atoms in total. The summed E-state index contributed by atoms with van der Waals surface area (Å²) in [6, 6.07) is 0. The third-order valence-corrected chi connectivity index (χ3v) is 3.40. The molecule has 2 aliphatic rings. The average molecular weight is 246 g/mol. The number of imide groups is 1. The van der Waals surface area contributed by atoms with E-state index < -0.39 is 17.1 Å². The Labute approximate surface area is 99.9 Å². The minimum Gasteiger partial charge on any atom is -0.443 e. The summed E-state index contributed by atoms with van der Waals surface area (Å²) in [4.78, 5) is 24.7. The maximum absolute atomic E-state index is 11.8. The van der Waals surface area contributed by atoms with Gasteiger partial charge in [0.2, 0.25) is 5.91 Å². The van der Waals surface area contributed by atoms with E-state index in [9.17, 15) is 9.59 Å². The number of rotatable bonds is 0. The highest BCUT2D eigenvalue weighted by Crippen LogP contribution is 2.47. The van der Waals surface area contributed by atoms with Crippen LogP contribution in [0.2, 0.25) is 0 Å². The number of nitrogens with zero attached hydrogens (tertiary/aromatic N) is 1.